The van der Waals surface area contributed by atoms with E-state index in [9.17, 15) is 21.4 Å². The van der Waals surface area contributed by atoms with Crippen molar-refractivity contribution in [2.75, 3.05) is 18.8 Å². The molecule has 0 aliphatic carbocycles. The molecular weight excluding hydrogens is 206 g/mol. The van der Waals surface area contributed by atoms with Crippen LogP contribution < -0.4 is 0 Å². The van der Waals surface area contributed by atoms with Gasteiger partial charge in [0.05, 0.1) is 5.75 Å². The Balaban J connectivity index is 2.57. The number of hydrogen-bond donors (Lipinski definition) is 0. The summed E-state index contributed by atoms with van der Waals surface area (Å²) in [5, 5.41) is 0. The van der Waals surface area contributed by atoms with Crippen molar-refractivity contribution >= 4 is 17.0 Å². The largest absolute Gasteiger partial charge is 0.506 e. The molecule has 8 heteroatoms. The van der Waals surface area contributed by atoms with E-state index in [4.69, 9.17) is 0 Å². The lowest BCUT2D eigenvalue weighted by molar-refractivity contribution is 0.400. The first-order chi connectivity index (χ1) is 5.73. The Bertz CT molecular complexity index is 323. The van der Waals surface area contributed by atoms with Crippen LogP contribution in [-0.4, -0.2) is 38.5 Å². The monoisotopic (exact) mass is 214 g/mol. The minimum absolute atomic E-state index is 0.0643. The Hall–Kier alpha value is -0.495. The van der Waals surface area contributed by atoms with Gasteiger partial charge < -0.3 is 12.9 Å². The number of rotatable bonds is 3. The van der Waals surface area contributed by atoms with E-state index in [1.54, 1.807) is 0 Å². The predicted molar refractivity (Wildman–Crippen MR) is 43.6 cm³/mol. The second-order valence-electron chi connectivity index (χ2n) is 2.88. The maximum atomic E-state index is 12.0. The molecule has 0 radical (unpaired) electrons. The minimum Gasteiger partial charge on any atom is -0.445 e. The highest BCUT2D eigenvalue weighted by atomic mass is 32.2. The van der Waals surface area contributed by atoms with E-state index in [0.717, 1.165) is 4.31 Å². The fourth-order valence-corrected chi connectivity index (χ4v) is 1.98. The maximum Gasteiger partial charge on any atom is 0.506 e. The molecule has 1 heterocycles. The van der Waals surface area contributed by atoms with Gasteiger partial charge in [0.25, 0.3) is 0 Å². The van der Waals surface area contributed by atoms with Gasteiger partial charge in [-0.1, -0.05) is 0 Å². The third kappa shape index (κ3) is 2.25. The molecule has 1 saturated heterocycles. The summed E-state index contributed by atoms with van der Waals surface area (Å²) in [4.78, 5) is 0. The Kier molecular flexibility index (Phi) is 2.46. The quantitative estimate of drug-likeness (QED) is 0.644. The van der Waals surface area contributed by atoms with Crippen LogP contribution in [0.4, 0.5) is 12.9 Å². The second kappa shape index (κ2) is 3.02. The summed E-state index contributed by atoms with van der Waals surface area (Å²) in [7, 11) is -3.40. The normalized spacial score (nSPS) is 22.4. The topological polar surface area (TPSA) is 37.4 Å². The molecule has 0 N–H and O–H groups in total. The summed E-state index contributed by atoms with van der Waals surface area (Å²) in [6.07, 6.45) is 0. The van der Waals surface area contributed by atoms with E-state index in [1.165, 1.54) is 0 Å². The Morgan fingerprint density at radius 2 is 2.00 bits per heavy atom. The van der Waals surface area contributed by atoms with Crippen LogP contribution in [0.2, 0.25) is 0 Å². The van der Waals surface area contributed by atoms with Gasteiger partial charge in [-0.2, -0.15) is 4.31 Å². The summed E-state index contributed by atoms with van der Waals surface area (Å²) >= 11 is 0. The van der Waals surface area contributed by atoms with Crippen molar-refractivity contribution in [3.63, 3.8) is 0 Å². The number of sulfonamides is 1. The average molecular weight is 214 g/mol. The molecule has 0 bridgehead atoms. The number of halogens is 3. The molecule has 0 aromatic carbocycles. The number of nitrogens with zero attached hydrogens (tertiary/aromatic N) is 1. The van der Waals surface area contributed by atoms with Gasteiger partial charge in [0.1, 0.15) is 0 Å². The standard InChI is InChI=1S/C5H8BF3NO2S/c1-5(6(7,8)9)4-10-2-3-13(10,11)12/h1-4H2/q-1. The van der Waals surface area contributed by atoms with Crippen molar-refractivity contribution in [2.45, 2.75) is 0 Å². The van der Waals surface area contributed by atoms with Gasteiger partial charge in [-0.15, -0.1) is 12.1 Å². The Morgan fingerprint density at radius 3 is 2.23 bits per heavy atom. The van der Waals surface area contributed by atoms with Crippen LogP contribution in [0.1, 0.15) is 0 Å². The summed E-state index contributed by atoms with van der Waals surface area (Å²) in [6, 6.07) is 0. The summed E-state index contributed by atoms with van der Waals surface area (Å²) in [6.45, 7) is -2.77. The van der Waals surface area contributed by atoms with Crippen LogP contribution in [-0.2, 0) is 10.0 Å². The minimum atomic E-state index is -5.12. The van der Waals surface area contributed by atoms with Gasteiger partial charge in [-0.05, 0) is 0 Å². The molecular formula is C5H8BF3NO2S-. The molecule has 1 aliphatic heterocycles. The molecule has 0 saturated carbocycles. The lowest BCUT2D eigenvalue weighted by atomic mass is 9.80. The third-order valence-corrected chi connectivity index (χ3v) is 3.63. The van der Waals surface area contributed by atoms with Crippen LogP contribution in [0.15, 0.2) is 12.1 Å². The molecule has 0 aromatic heterocycles. The maximum absolute atomic E-state index is 12.0. The molecule has 13 heavy (non-hydrogen) atoms. The predicted octanol–water partition coefficient (Wildman–Crippen LogP) is 0.575. The summed E-state index contributed by atoms with van der Waals surface area (Å²) < 4.78 is 58.3. The van der Waals surface area contributed by atoms with E-state index < -0.39 is 29.0 Å². The molecule has 0 spiro atoms. The van der Waals surface area contributed by atoms with E-state index in [-0.39, 0.29) is 12.3 Å². The fourth-order valence-electron chi connectivity index (χ4n) is 0.877. The third-order valence-electron chi connectivity index (χ3n) is 1.83. The van der Waals surface area contributed by atoms with Gasteiger partial charge >= 0.3 is 6.98 Å². The molecule has 1 aliphatic rings. The van der Waals surface area contributed by atoms with E-state index >= 15 is 0 Å². The summed E-state index contributed by atoms with van der Waals surface area (Å²) in [5.41, 5.74) is -0.969. The highest BCUT2D eigenvalue weighted by molar-refractivity contribution is 7.90. The first-order valence-electron chi connectivity index (χ1n) is 3.59. The zero-order valence-electron chi connectivity index (χ0n) is 6.71. The van der Waals surface area contributed by atoms with Crippen LogP contribution in [0, 0.1) is 0 Å². The Labute approximate surface area is 74.3 Å². The first-order valence-corrected chi connectivity index (χ1v) is 5.20. The van der Waals surface area contributed by atoms with Crippen LogP contribution in [0.3, 0.4) is 0 Å². The van der Waals surface area contributed by atoms with Gasteiger partial charge in [0.2, 0.25) is 10.0 Å². The van der Waals surface area contributed by atoms with Crippen molar-refractivity contribution < 1.29 is 21.4 Å². The van der Waals surface area contributed by atoms with Crippen molar-refractivity contribution in [2.24, 2.45) is 0 Å². The highest BCUT2D eigenvalue weighted by Crippen LogP contribution is 2.22. The molecule has 1 rings (SSSR count). The number of hydrogen-bond acceptors (Lipinski definition) is 2. The first kappa shape index (κ1) is 10.6. The van der Waals surface area contributed by atoms with Gasteiger partial charge in [-0.25, -0.2) is 8.42 Å². The lowest BCUT2D eigenvalue weighted by Gasteiger charge is -2.33. The molecule has 0 atom stereocenters. The van der Waals surface area contributed by atoms with E-state index in [0.29, 0.717) is 0 Å². The Morgan fingerprint density at radius 1 is 1.46 bits per heavy atom. The van der Waals surface area contributed by atoms with Crippen molar-refractivity contribution in [3.05, 3.63) is 12.1 Å². The van der Waals surface area contributed by atoms with Crippen molar-refractivity contribution in [1.29, 1.82) is 0 Å². The molecule has 3 nitrogen and oxygen atoms in total. The summed E-state index contributed by atoms with van der Waals surface area (Å²) in [5.74, 6) is -0.0643. The van der Waals surface area contributed by atoms with Crippen LogP contribution >= 0.6 is 0 Å². The average Bonchev–Trinajstić information content (AvgIpc) is 1.96. The van der Waals surface area contributed by atoms with Crippen molar-refractivity contribution in [1.82, 2.24) is 4.31 Å². The highest BCUT2D eigenvalue weighted by Gasteiger charge is 2.36. The molecule has 0 aromatic rings. The second-order valence-corrected chi connectivity index (χ2v) is 4.97. The van der Waals surface area contributed by atoms with Gasteiger partial charge in [0, 0.05) is 13.1 Å². The SMILES string of the molecule is C=C(CN1CCS1(=O)=O)[B-](F)(F)F. The lowest BCUT2D eigenvalue weighted by Crippen LogP contribution is -2.49. The van der Waals surface area contributed by atoms with Crippen LogP contribution in [0.5, 0.6) is 0 Å². The molecule has 0 unspecified atom stereocenters. The van der Waals surface area contributed by atoms with E-state index in [2.05, 4.69) is 6.58 Å². The smallest absolute Gasteiger partial charge is 0.445 e. The molecule has 76 valence electrons. The van der Waals surface area contributed by atoms with Gasteiger partial charge in [-0.3, -0.25) is 0 Å². The van der Waals surface area contributed by atoms with E-state index in [1.807, 2.05) is 0 Å². The van der Waals surface area contributed by atoms with Crippen molar-refractivity contribution in [3.8, 4) is 0 Å². The zero-order chi connectivity index (χ0) is 10.3. The zero-order valence-corrected chi connectivity index (χ0v) is 7.53. The molecule has 0 amide bonds. The fraction of sp³-hybridized carbons (Fsp3) is 0.600. The van der Waals surface area contributed by atoms with Crippen LogP contribution in [0.25, 0.3) is 0 Å². The molecule has 1 fully saturated rings. The van der Waals surface area contributed by atoms with Gasteiger partial charge in [0.15, 0.2) is 0 Å².